The number of ether oxygens (including phenoxy) is 1. The molecule has 7 nitrogen and oxygen atoms in total. The van der Waals surface area contributed by atoms with Crippen molar-refractivity contribution in [1.82, 2.24) is 5.32 Å². The van der Waals surface area contributed by atoms with Gasteiger partial charge in [-0.1, -0.05) is 56.7 Å². The van der Waals surface area contributed by atoms with Gasteiger partial charge in [-0.25, -0.2) is 13.2 Å². The first kappa shape index (κ1) is 22.4. The number of nitrogens with one attached hydrogen (secondary N) is 2. The van der Waals surface area contributed by atoms with Crippen LogP contribution in [0.25, 0.3) is 0 Å². The maximum atomic E-state index is 12.8. The van der Waals surface area contributed by atoms with Crippen molar-refractivity contribution in [2.24, 2.45) is 5.92 Å². The average molecular weight is 419 g/mol. The fraction of sp³-hybridized carbons (Fsp3) is 0.333. The number of anilines is 1. The summed E-state index contributed by atoms with van der Waals surface area (Å²) in [6.45, 7) is 3.85. The maximum Gasteiger partial charge on any atom is 0.408 e. The largest absolute Gasteiger partial charge is 0.445 e. The van der Waals surface area contributed by atoms with Gasteiger partial charge in [-0.2, -0.15) is 0 Å². The van der Waals surface area contributed by atoms with Crippen LogP contribution in [0.1, 0.15) is 25.8 Å². The van der Waals surface area contributed by atoms with Gasteiger partial charge in [0.05, 0.1) is 4.90 Å². The standard InChI is InChI=1S/C21H26N2O5S/c1-4-15(2)19(23-21(25)28-14-16-9-6-5-7-10-16)20(24)22-17-11-8-12-18(13-17)29(3,26)27/h5-13,15,19H,4,14H2,1-3H3,(H,22,24)(H,23,25)/t15-,19-/m0/s1. The summed E-state index contributed by atoms with van der Waals surface area (Å²) in [6, 6.07) is 14.4. The van der Waals surface area contributed by atoms with Crippen LogP contribution in [-0.2, 0) is 26.0 Å². The third kappa shape index (κ3) is 6.90. The van der Waals surface area contributed by atoms with E-state index >= 15 is 0 Å². The molecule has 29 heavy (non-hydrogen) atoms. The van der Waals surface area contributed by atoms with Crippen LogP contribution in [0.5, 0.6) is 0 Å². The molecule has 0 fully saturated rings. The summed E-state index contributed by atoms with van der Waals surface area (Å²) in [6.07, 6.45) is 1.06. The van der Waals surface area contributed by atoms with Crippen LogP contribution in [-0.4, -0.2) is 32.7 Å². The fourth-order valence-electron chi connectivity index (χ4n) is 2.62. The van der Waals surface area contributed by atoms with Crippen LogP contribution in [0, 0.1) is 5.92 Å². The molecule has 2 aromatic rings. The van der Waals surface area contributed by atoms with Gasteiger partial charge in [-0.15, -0.1) is 0 Å². The Labute approximate surface area is 171 Å². The molecule has 2 atom stereocenters. The van der Waals surface area contributed by atoms with Crippen molar-refractivity contribution in [2.45, 2.75) is 37.8 Å². The number of rotatable bonds is 8. The van der Waals surface area contributed by atoms with E-state index < -0.39 is 27.9 Å². The predicted octanol–water partition coefficient (Wildman–Crippen LogP) is 3.37. The van der Waals surface area contributed by atoms with Crippen molar-refractivity contribution in [3.63, 3.8) is 0 Å². The summed E-state index contributed by atoms with van der Waals surface area (Å²) < 4.78 is 28.6. The third-order valence-corrected chi connectivity index (χ3v) is 5.62. The molecular formula is C21H26N2O5S. The first-order valence-electron chi connectivity index (χ1n) is 9.29. The van der Waals surface area contributed by atoms with Gasteiger partial charge in [0.2, 0.25) is 5.91 Å². The maximum absolute atomic E-state index is 12.8. The molecule has 8 heteroatoms. The summed E-state index contributed by atoms with van der Waals surface area (Å²) in [4.78, 5) is 25.1. The van der Waals surface area contributed by atoms with E-state index in [4.69, 9.17) is 4.74 Å². The Bertz CT molecular complexity index is 945. The molecule has 0 saturated heterocycles. The second-order valence-corrected chi connectivity index (χ2v) is 8.87. The van der Waals surface area contributed by atoms with Crippen molar-refractivity contribution in [2.75, 3.05) is 11.6 Å². The van der Waals surface area contributed by atoms with E-state index in [0.29, 0.717) is 12.1 Å². The predicted molar refractivity (Wildman–Crippen MR) is 111 cm³/mol. The monoisotopic (exact) mass is 418 g/mol. The SMILES string of the molecule is CC[C@H](C)[C@H](NC(=O)OCc1ccccc1)C(=O)Nc1cccc(S(C)(=O)=O)c1. The average Bonchev–Trinajstić information content (AvgIpc) is 2.70. The summed E-state index contributed by atoms with van der Waals surface area (Å²) in [7, 11) is -3.40. The molecule has 2 aromatic carbocycles. The summed E-state index contributed by atoms with van der Waals surface area (Å²) in [5.74, 6) is -0.598. The molecule has 0 aliphatic heterocycles. The van der Waals surface area contributed by atoms with Crippen LogP contribution >= 0.6 is 0 Å². The van der Waals surface area contributed by atoms with Gasteiger partial charge in [0, 0.05) is 11.9 Å². The molecule has 0 saturated carbocycles. The van der Waals surface area contributed by atoms with E-state index in [1.54, 1.807) is 12.1 Å². The van der Waals surface area contributed by atoms with Gasteiger partial charge in [-0.05, 0) is 29.7 Å². The van der Waals surface area contributed by atoms with Crippen molar-refractivity contribution in [1.29, 1.82) is 0 Å². The lowest BCUT2D eigenvalue weighted by Gasteiger charge is -2.23. The second kappa shape index (κ2) is 10.1. The van der Waals surface area contributed by atoms with E-state index in [2.05, 4.69) is 10.6 Å². The summed E-state index contributed by atoms with van der Waals surface area (Å²) in [5, 5.41) is 5.29. The molecule has 2 N–H and O–H groups in total. The highest BCUT2D eigenvalue weighted by atomic mass is 32.2. The zero-order valence-corrected chi connectivity index (χ0v) is 17.5. The quantitative estimate of drug-likeness (QED) is 0.684. The van der Waals surface area contributed by atoms with Crippen LogP contribution in [0.3, 0.4) is 0 Å². The molecule has 156 valence electrons. The zero-order valence-electron chi connectivity index (χ0n) is 16.7. The molecule has 0 heterocycles. The van der Waals surface area contributed by atoms with E-state index in [-0.39, 0.29) is 17.4 Å². The first-order valence-corrected chi connectivity index (χ1v) is 11.2. The third-order valence-electron chi connectivity index (χ3n) is 4.51. The van der Waals surface area contributed by atoms with Gasteiger partial charge < -0.3 is 15.4 Å². The number of amides is 2. The highest BCUT2D eigenvalue weighted by molar-refractivity contribution is 7.90. The van der Waals surface area contributed by atoms with E-state index in [1.165, 1.54) is 12.1 Å². The van der Waals surface area contributed by atoms with Crippen molar-refractivity contribution in [3.05, 3.63) is 60.2 Å². The molecule has 0 aliphatic rings. The smallest absolute Gasteiger partial charge is 0.408 e. The molecule has 0 bridgehead atoms. The Morgan fingerprint density at radius 2 is 1.76 bits per heavy atom. The van der Waals surface area contributed by atoms with Crippen LogP contribution in [0.15, 0.2) is 59.5 Å². The number of carbonyl (C=O) groups excluding carboxylic acids is 2. The van der Waals surface area contributed by atoms with Gasteiger partial charge in [-0.3, -0.25) is 4.79 Å². The number of sulfone groups is 1. The van der Waals surface area contributed by atoms with Crippen LogP contribution < -0.4 is 10.6 Å². The molecule has 2 rings (SSSR count). The van der Waals surface area contributed by atoms with Gasteiger partial charge in [0.1, 0.15) is 12.6 Å². The lowest BCUT2D eigenvalue weighted by molar-refractivity contribution is -0.119. The number of hydrogen-bond donors (Lipinski definition) is 2. The molecule has 0 radical (unpaired) electrons. The van der Waals surface area contributed by atoms with Crippen LogP contribution in [0.4, 0.5) is 10.5 Å². The number of alkyl carbamates (subject to hydrolysis) is 1. The topological polar surface area (TPSA) is 102 Å². The number of carbonyl (C=O) groups is 2. The van der Waals surface area contributed by atoms with Crippen molar-refractivity contribution >= 4 is 27.5 Å². The van der Waals surface area contributed by atoms with Gasteiger partial charge in [0.15, 0.2) is 9.84 Å². The molecule has 0 aromatic heterocycles. The van der Waals surface area contributed by atoms with Crippen LogP contribution in [0.2, 0.25) is 0 Å². The Hall–Kier alpha value is -2.87. The van der Waals surface area contributed by atoms with E-state index in [1.807, 2.05) is 44.2 Å². The fourth-order valence-corrected chi connectivity index (χ4v) is 3.28. The number of hydrogen-bond acceptors (Lipinski definition) is 5. The lowest BCUT2D eigenvalue weighted by Crippen LogP contribution is -2.47. The Kier molecular flexibility index (Phi) is 7.78. The minimum absolute atomic E-state index is 0.0952. The second-order valence-electron chi connectivity index (χ2n) is 6.86. The van der Waals surface area contributed by atoms with E-state index in [9.17, 15) is 18.0 Å². The lowest BCUT2D eigenvalue weighted by atomic mass is 9.98. The van der Waals surface area contributed by atoms with E-state index in [0.717, 1.165) is 11.8 Å². The summed E-state index contributed by atoms with van der Waals surface area (Å²) >= 11 is 0. The van der Waals surface area contributed by atoms with Crippen molar-refractivity contribution in [3.8, 4) is 0 Å². The Morgan fingerprint density at radius 1 is 1.07 bits per heavy atom. The molecule has 0 aliphatic carbocycles. The molecular weight excluding hydrogens is 392 g/mol. The first-order chi connectivity index (χ1) is 13.7. The zero-order chi connectivity index (χ0) is 21.4. The number of benzene rings is 2. The highest BCUT2D eigenvalue weighted by Crippen LogP contribution is 2.17. The highest BCUT2D eigenvalue weighted by Gasteiger charge is 2.27. The minimum atomic E-state index is -3.40. The minimum Gasteiger partial charge on any atom is -0.445 e. The molecule has 0 unspecified atom stereocenters. The normalized spacial score (nSPS) is 13.2. The molecule has 2 amide bonds. The van der Waals surface area contributed by atoms with Gasteiger partial charge >= 0.3 is 6.09 Å². The van der Waals surface area contributed by atoms with Crippen molar-refractivity contribution < 1.29 is 22.7 Å². The summed E-state index contributed by atoms with van der Waals surface area (Å²) in [5.41, 5.74) is 1.18. The van der Waals surface area contributed by atoms with Gasteiger partial charge in [0.25, 0.3) is 0 Å². The Balaban J connectivity index is 2.05. The molecule has 0 spiro atoms. The Morgan fingerprint density at radius 3 is 2.38 bits per heavy atom.